The number of thioether (sulfide) groups is 1. The molecule has 1 unspecified atom stereocenters. The molecular formula is C18H14F3N3OS. The van der Waals surface area contributed by atoms with Crippen LogP contribution in [0.4, 0.5) is 18.9 Å². The fourth-order valence-corrected chi connectivity index (χ4v) is 3.19. The number of rotatable bonds is 4. The first-order chi connectivity index (χ1) is 12.3. The van der Waals surface area contributed by atoms with Crippen LogP contribution in [0.2, 0.25) is 0 Å². The number of nitrogens with one attached hydrogen (secondary N) is 1. The molecule has 1 N–H and O–H groups in total. The van der Waals surface area contributed by atoms with E-state index in [2.05, 4.69) is 15.3 Å². The average Bonchev–Trinajstić information content (AvgIpc) is 2.61. The summed E-state index contributed by atoms with van der Waals surface area (Å²) in [4.78, 5) is 19.6. The Morgan fingerprint density at radius 3 is 2.38 bits per heavy atom. The van der Waals surface area contributed by atoms with Gasteiger partial charge in [0.2, 0.25) is 11.7 Å². The second-order valence-electron chi connectivity index (χ2n) is 5.48. The zero-order valence-corrected chi connectivity index (χ0v) is 14.4. The number of benzene rings is 2. The molecule has 3 aromatic rings. The van der Waals surface area contributed by atoms with Crippen molar-refractivity contribution in [1.82, 2.24) is 9.97 Å². The van der Waals surface area contributed by atoms with E-state index in [4.69, 9.17) is 0 Å². The third-order valence-corrected chi connectivity index (χ3v) is 4.62. The lowest BCUT2D eigenvalue weighted by Gasteiger charge is -2.14. The summed E-state index contributed by atoms with van der Waals surface area (Å²) >= 11 is 0.968. The summed E-state index contributed by atoms with van der Waals surface area (Å²) < 4.78 is 39.2. The smallest absolute Gasteiger partial charge is 0.325 e. The number of amides is 1. The van der Waals surface area contributed by atoms with Crippen LogP contribution in [0.5, 0.6) is 0 Å². The van der Waals surface area contributed by atoms with Gasteiger partial charge in [-0.15, -0.1) is 0 Å². The Labute approximate surface area is 151 Å². The molecule has 0 fully saturated rings. The van der Waals surface area contributed by atoms with E-state index in [0.29, 0.717) is 11.1 Å². The third kappa shape index (κ3) is 4.13. The lowest BCUT2D eigenvalue weighted by atomic mass is 10.2. The molecule has 4 nitrogen and oxygen atoms in total. The molecule has 0 saturated heterocycles. The lowest BCUT2D eigenvalue weighted by Crippen LogP contribution is -2.22. The predicted octanol–water partition coefficient (Wildman–Crippen LogP) is 4.77. The number of anilines is 1. The van der Waals surface area contributed by atoms with Crippen LogP contribution in [0, 0.1) is 0 Å². The fraction of sp³-hybridized carbons (Fsp3) is 0.167. The molecule has 1 aromatic heterocycles. The van der Waals surface area contributed by atoms with E-state index in [1.54, 1.807) is 49.4 Å². The molecule has 134 valence electrons. The van der Waals surface area contributed by atoms with Crippen molar-refractivity contribution in [3.8, 4) is 0 Å². The minimum atomic E-state index is -4.66. The number of nitrogens with zero attached hydrogens (tertiary/aromatic N) is 2. The highest BCUT2D eigenvalue weighted by Crippen LogP contribution is 2.33. The van der Waals surface area contributed by atoms with Crippen LogP contribution < -0.4 is 5.32 Å². The van der Waals surface area contributed by atoms with Gasteiger partial charge in [0, 0.05) is 11.1 Å². The van der Waals surface area contributed by atoms with Gasteiger partial charge in [0.1, 0.15) is 5.03 Å². The van der Waals surface area contributed by atoms with Crippen LogP contribution in [0.15, 0.2) is 59.6 Å². The van der Waals surface area contributed by atoms with E-state index in [1.165, 1.54) is 6.07 Å². The predicted molar refractivity (Wildman–Crippen MR) is 94.9 cm³/mol. The SMILES string of the molecule is CC(Sc1nc(C(F)(F)F)nc2ccccc12)C(=O)Nc1ccccc1. The molecule has 1 atom stereocenters. The van der Waals surface area contributed by atoms with Gasteiger partial charge in [0.25, 0.3) is 0 Å². The Balaban J connectivity index is 1.88. The quantitative estimate of drug-likeness (QED) is 0.526. The van der Waals surface area contributed by atoms with E-state index in [0.717, 1.165) is 11.8 Å². The van der Waals surface area contributed by atoms with E-state index >= 15 is 0 Å². The Morgan fingerprint density at radius 2 is 1.69 bits per heavy atom. The van der Waals surface area contributed by atoms with Gasteiger partial charge in [-0.25, -0.2) is 9.97 Å². The highest BCUT2D eigenvalue weighted by Gasteiger charge is 2.35. The largest absolute Gasteiger partial charge is 0.451 e. The van der Waals surface area contributed by atoms with Crippen LogP contribution in [0.1, 0.15) is 12.7 Å². The molecule has 2 aromatic carbocycles. The van der Waals surface area contributed by atoms with Crippen LogP contribution in [-0.2, 0) is 11.0 Å². The molecule has 0 aliphatic rings. The van der Waals surface area contributed by atoms with E-state index in [-0.39, 0.29) is 16.4 Å². The summed E-state index contributed by atoms with van der Waals surface area (Å²) in [6.45, 7) is 1.62. The number of para-hydroxylation sites is 2. The maximum atomic E-state index is 13.1. The van der Waals surface area contributed by atoms with Crippen molar-refractivity contribution in [3.05, 3.63) is 60.4 Å². The van der Waals surface area contributed by atoms with Gasteiger partial charge >= 0.3 is 6.18 Å². The van der Waals surface area contributed by atoms with Gasteiger partial charge in [-0.1, -0.05) is 48.2 Å². The number of carbonyl (C=O) groups is 1. The highest BCUT2D eigenvalue weighted by molar-refractivity contribution is 8.00. The Kier molecular flexibility index (Phi) is 5.13. The van der Waals surface area contributed by atoms with Crippen LogP contribution in [-0.4, -0.2) is 21.1 Å². The molecular weight excluding hydrogens is 363 g/mol. The Hall–Kier alpha value is -2.61. The second-order valence-corrected chi connectivity index (χ2v) is 6.81. The Morgan fingerprint density at radius 1 is 1.04 bits per heavy atom. The third-order valence-electron chi connectivity index (χ3n) is 3.52. The van der Waals surface area contributed by atoms with Crippen LogP contribution >= 0.6 is 11.8 Å². The molecule has 0 radical (unpaired) electrons. The minimum Gasteiger partial charge on any atom is -0.325 e. The van der Waals surface area contributed by atoms with Crippen molar-refractivity contribution in [2.45, 2.75) is 23.4 Å². The number of halogens is 3. The number of hydrogen-bond acceptors (Lipinski definition) is 4. The summed E-state index contributed by atoms with van der Waals surface area (Å²) in [6, 6.07) is 15.3. The summed E-state index contributed by atoms with van der Waals surface area (Å²) in [7, 11) is 0. The minimum absolute atomic E-state index is 0.124. The van der Waals surface area contributed by atoms with Gasteiger partial charge in [-0.05, 0) is 25.1 Å². The van der Waals surface area contributed by atoms with Crippen molar-refractivity contribution < 1.29 is 18.0 Å². The molecule has 0 aliphatic heterocycles. The van der Waals surface area contributed by atoms with E-state index in [9.17, 15) is 18.0 Å². The molecule has 8 heteroatoms. The van der Waals surface area contributed by atoms with Crippen molar-refractivity contribution in [2.24, 2.45) is 0 Å². The standard InChI is InChI=1S/C18H14F3N3OS/c1-11(15(25)22-12-7-3-2-4-8-12)26-16-13-9-5-6-10-14(13)23-17(24-16)18(19,20)21/h2-11H,1H3,(H,22,25). The first kappa shape index (κ1) is 18.2. The van der Waals surface area contributed by atoms with Gasteiger partial charge in [-0.2, -0.15) is 13.2 Å². The Bertz CT molecular complexity index is 932. The first-order valence-corrected chi connectivity index (χ1v) is 8.59. The summed E-state index contributed by atoms with van der Waals surface area (Å²) in [5.41, 5.74) is 0.807. The topological polar surface area (TPSA) is 54.9 Å². The molecule has 0 bridgehead atoms. The fourth-order valence-electron chi connectivity index (χ4n) is 2.25. The van der Waals surface area contributed by atoms with E-state index in [1.807, 2.05) is 6.07 Å². The van der Waals surface area contributed by atoms with Gasteiger partial charge in [0.05, 0.1) is 10.8 Å². The number of alkyl halides is 3. The van der Waals surface area contributed by atoms with Gasteiger partial charge < -0.3 is 5.32 Å². The summed E-state index contributed by atoms with van der Waals surface area (Å²) in [5, 5.41) is 2.69. The average molecular weight is 377 g/mol. The number of fused-ring (bicyclic) bond motifs is 1. The first-order valence-electron chi connectivity index (χ1n) is 7.71. The van der Waals surface area contributed by atoms with Crippen LogP contribution in [0.3, 0.4) is 0 Å². The van der Waals surface area contributed by atoms with Crippen molar-refractivity contribution in [1.29, 1.82) is 0 Å². The lowest BCUT2D eigenvalue weighted by molar-refractivity contribution is -0.145. The molecule has 1 amide bonds. The molecule has 0 aliphatic carbocycles. The van der Waals surface area contributed by atoms with Gasteiger partial charge in [-0.3, -0.25) is 4.79 Å². The zero-order chi connectivity index (χ0) is 18.7. The number of carbonyl (C=O) groups excluding carboxylic acids is 1. The van der Waals surface area contributed by atoms with Crippen molar-refractivity contribution in [3.63, 3.8) is 0 Å². The van der Waals surface area contributed by atoms with Crippen LogP contribution in [0.25, 0.3) is 10.9 Å². The maximum absolute atomic E-state index is 13.1. The zero-order valence-electron chi connectivity index (χ0n) is 13.6. The maximum Gasteiger partial charge on any atom is 0.451 e. The normalized spacial score (nSPS) is 12.8. The molecule has 26 heavy (non-hydrogen) atoms. The molecule has 0 spiro atoms. The summed E-state index contributed by atoms with van der Waals surface area (Å²) in [5.74, 6) is -1.54. The molecule has 0 saturated carbocycles. The number of hydrogen-bond donors (Lipinski definition) is 1. The van der Waals surface area contributed by atoms with E-state index < -0.39 is 17.3 Å². The molecule has 1 heterocycles. The second kappa shape index (κ2) is 7.33. The summed E-state index contributed by atoms with van der Waals surface area (Å²) in [6.07, 6.45) is -4.66. The van der Waals surface area contributed by atoms with Crippen molar-refractivity contribution in [2.75, 3.05) is 5.32 Å². The number of aromatic nitrogens is 2. The molecule has 3 rings (SSSR count). The monoisotopic (exact) mass is 377 g/mol. The van der Waals surface area contributed by atoms with Crippen molar-refractivity contribution >= 4 is 34.3 Å². The van der Waals surface area contributed by atoms with Gasteiger partial charge in [0.15, 0.2) is 0 Å². The highest BCUT2D eigenvalue weighted by atomic mass is 32.2.